The summed E-state index contributed by atoms with van der Waals surface area (Å²) in [7, 11) is 0. The number of carbonyl (C=O) groups is 1. The standard InChI is InChI=1S/C16H19N3O4/c1-12(20)23-10-6-5-9-19-11-14(15(21)18-16(19)22)17-13-7-3-2-4-8-13/h2-4,7-8,11,17H,5-6,9-10H2,1H3,(H,18,21,22). The second kappa shape index (κ2) is 7.98. The van der Waals surface area contributed by atoms with Crippen LogP contribution in [-0.2, 0) is 16.1 Å². The van der Waals surface area contributed by atoms with E-state index in [9.17, 15) is 14.4 Å². The highest BCUT2D eigenvalue weighted by atomic mass is 16.5. The summed E-state index contributed by atoms with van der Waals surface area (Å²) in [6.07, 6.45) is 2.80. The number of para-hydroxylation sites is 1. The molecule has 7 nitrogen and oxygen atoms in total. The van der Waals surface area contributed by atoms with Gasteiger partial charge in [0.2, 0.25) is 0 Å². The van der Waals surface area contributed by atoms with Gasteiger partial charge in [0, 0.05) is 25.4 Å². The number of aryl methyl sites for hydroxylation is 1. The van der Waals surface area contributed by atoms with E-state index in [1.807, 2.05) is 30.3 Å². The number of H-pyrrole nitrogens is 1. The van der Waals surface area contributed by atoms with E-state index < -0.39 is 11.2 Å². The van der Waals surface area contributed by atoms with Crippen molar-refractivity contribution in [3.63, 3.8) is 0 Å². The fourth-order valence-corrected chi connectivity index (χ4v) is 2.04. The van der Waals surface area contributed by atoms with E-state index in [0.717, 1.165) is 5.69 Å². The maximum Gasteiger partial charge on any atom is 0.328 e. The summed E-state index contributed by atoms with van der Waals surface area (Å²) in [6.45, 7) is 2.11. The molecule has 0 aliphatic heterocycles. The number of unbranched alkanes of at least 4 members (excludes halogenated alkanes) is 1. The number of ether oxygens (including phenoxy) is 1. The van der Waals surface area contributed by atoms with Gasteiger partial charge >= 0.3 is 11.7 Å². The minimum Gasteiger partial charge on any atom is -0.466 e. The summed E-state index contributed by atoms with van der Waals surface area (Å²) in [5, 5.41) is 2.98. The fraction of sp³-hybridized carbons (Fsp3) is 0.312. The molecule has 23 heavy (non-hydrogen) atoms. The molecule has 0 amide bonds. The van der Waals surface area contributed by atoms with Gasteiger partial charge < -0.3 is 10.1 Å². The Balaban J connectivity index is 2.03. The van der Waals surface area contributed by atoms with Gasteiger partial charge in [-0.25, -0.2) is 4.79 Å². The van der Waals surface area contributed by atoms with Gasteiger partial charge in [0.25, 0.3) is 5.56 Å². The van der Waals surface area contributed by atoms with Crippen molar-refractivity contribution in [3.8, 4) is 0 Å². The first-order valence-electron chi connectivity index (χ1n) is 7.35. The second-order valence-electron chi connectivity index (χ2n) is 5.03. The molecule has 2 aromatic rings. The maximum absolute atomic E-state index is 11.9. The fourth-order valence-electron chi connectivity index (χ4n) is 2.04. The number of nitrogens with zero attached hydrogens (tertiary/aromatic N) is 1. The van der Waals surface area contributed by atoms with E-state index in [1.54, 1.807) is 0 Å². The Bertz CT molecular complexity index is 765. The van der Waals surface area contributed by atoms with Crippen molar-refractivity contribution in [2.45, 2.75) is 26.3 Å². The van der Waals surface area contributed by atoms with Gasteiger partial charge in [0.1, 0.15) is 5.69 Å². The van der Waals surface area contributed by atoms with Crippen LogP contribution in [0, 0.1) is 0 Å². The van der Waals surface area contributed by atoms with Crippen molar-refractivity contribution >= 4 is 17.3 Å². The van der Waals surface area contributed by atoms with Crippen LogP contribution in [0.5, 0.6) is 0 Å². The van der Waals surface area contributed by atoms with Crippen LogP contribution < -0.4 is 16.6 Å². The van der Waals surface area contributed by atoms with E-state index in [0.29, 0.717) is 31.7 Å². The molecule has 0 aliphatic carbocycles. The average molecular weight is 317 g/mol. The van der Waals surface area contributed by atoms with Crippen molar-refractivity contribution in [2.75, 3.05) is 11.9 Å². The van der Waals surface area contributed by atoms with E-state index >= 15 is 0 Å². The molecule has 0 bridgehead atoms. The zero-order valence-corrected chi connectivity index (χ0v) is 12.9. The first-order valence-corrected chi connectivity index (χ1v) is 7.35. The van der Waals surface area contributed by atoms with Gasteiger partial charge in [-0.2, -0.15) is 0 Å². The molecular weight excluding hydrogens is 298 g/mol. The van der Waals surface area contributed by atoms with Crippen LogP contribution >= 0.6 is 0 Å². The molecule has 1 aromatic carbocycles. The Morgan fingerprint density at radius 1 is 1.22 bits per heavy atom. The van der Waals surface area contributed by atoms with Gasteiger partial charge in [0.15, 0.2) is 0 Å². The quantitative estimate of drug-likeness (QED) is 0.598. The zero-order chi connectivity index (χ0) is 16.7. The SMILES string of the molecule is CC(=O)OCCCCn1cc(Nc2ccccc2)c(=O)[nH]c1=O. The predicted octanol–water partition coefficient (Wildman–Crippen LogP) is 1.62. The number of hydrogen-bond donors (Lipinski definition) is 2. The molecule has 0 radical (unpaired) electrons. The normalized spacial score (nSPS) is 10.3. The Morgan fingerprint density at radius 2 is 1.96 bits per heavy atom. The summed E-state index contributed by atoms with van der Waals surface area (Å²) < 4.78 is 6.27. The largest absolute Gasteiger partial charge is 0.466 e. The lowest BCUT2D eigenvalue weighted by Gasteiger charge is -2.09. The number of aromatic amines is 1. The Hall–Kier alpha value is -2.83. The third kappa shape index (κ3) is 5.14. The van der Waals surface area contributed by atoms with E-state index in [1.165, 1.54) is 17.7 Å². The number of benzene rings is 1. The molecule has 122 valence electrons. The maximum atomic E-state index is 11.9. The van der Waals surface area contributed by atoms with Crippen molar-refractivity contribution in [1.29, 1.82) is 0 Å². The van der Waals surface area contributed by atoms with Crippen molar-refractivity contribution < 1.29 is 9.53 Å². The van der Waals surface area contributed by atoms with Gasteiger partial charge in [-0.3, -0.25) is 19.1 Å². The lowest BCUT2D eigenvalue weighted by atomic mass is 10.3. The van der Waals surface area contributed by atoms with Gasteiger partial charge in [0.05, 0.1) is 6.61 Å². The van der Waals surface area contributed by atoms with Crippen LogP contribution in [0.2, 0.25) is 0 Å². The molecule has 1 heterocycles. The highest BCUT2D eigenvalue weighted by molar-refractivity contribution is 5.65. The van der Waals surface area contributed by atoms with Crippen molar-refractivity contribution in [3.05, 3.63) is 57.4 Å². The van der Waals surface area contributed by atoms with Crippen LogP contribution in [0.25, 0.3) is 0 Å². The van der Waals surface area contributed by atoms with Gasteiger partial charge in [-0.15, -0.1) is 0 Å². The molecule has 0 spiro atoms. The van der Waals surface area contributed by atoms with Crippen LogP contribution in [0.1, 0.15) is 19.8 Å². The van der Waals surface area contributed by atoms with Gasteiger partial charge in [-0.1, -0.05) is 18.2 Å². The van der Waals surface area contributed by atoms with Crippen LogP contribution in [0.4, 0.5) is 11.4 Å². The lowest BCUT2D eigenvalue weighted by molar-refractivity contribution is -0.141. The predicted molar refractivity (Wildman–Crippen MR) is 86.9 cm³/mol. The molecule has 0 saturated heterocycles. The van der Waals surface area contributed by atoms with E-state index in [-0.39, 0.29) is 5.97 Å². The number of carbonyl (C=O) groups excluding carboxylic acids is 1. The summed E-state index contributed by atoms with van der Waals surface area (Å²) in [5.74, 6) is -0.319. The summed E-state index contributed by atoms with van der Waals surface area (Å²) in [4.78, 5) is 36.6. The number of esters is 1. The zero-order valence-electron chi connectivity index (χ0n) is 12.9. The number of anilines is 2. The van der Waals surface area contributed by atoms with Crippen molar-refractivity contribution in [2.24, 2.45) is 0 Å². The van der Waals surface area contributed by atoms with Crippen LogP contribution in [0.15, 0.2) is 46.1 Å². The number of hydrogen-bond acceptors (Lipinski definition) is 5. The summed E-state index contributed by atoms with van der Waals surface area (Å²) in [6, 6.07) is 9.23. The van der Waals surface area contributed by atoms with Crippen LogP contribution in [-0.4, -0.2) is 22.1 Å². The topological polar surface area (TPSA) is 93.2 Å². The Morgan fingerprint density at radius 3 is 2.65 bits per heavy atom. The highest BCUT2D eigenvalue weighted by Gasteiger charge is 2.05. The molecule has 0 saturated carbocycles. The molecule has 7 heteroatoms. The van der Waals surface area contributed by atoms with E-state index in [4.69, 9.17) is 4.74 Å². The average Bonchev–Trinajstić information content (AvgIpc) is 2.52. The number of aromatic nitrogens is 2. The monoisotopic (exact) mass is 317 g/mol. The molecular formula is C16H19N3O4. The third-order valence-electron chi connectivity index (χ3n) is 3.16. The second-order valence-corrected chi connectivity index (χ2v) is 5.03. The van der Waals surface area contributed by atoms with Gasteiger partial charge in [-0.05, 0) is 25.0 Å². The molecule has 0 aliphatic rings. The minimum atomic E-state index is -0.463. The number of nitrogens with one attached hydrogen (secondary N) is 2. The first kappa shape index (κ1) is 16.5. The molecule has 2 N–H and O–H groups in total. The van der Waals surface area contributed by atoms with E-state index in [2.05, 4.69) is 10.3 Å². The number of rotatable bonds is 7. The minimum absolute atomic E-state index is 0.302. The third-order valence-corrected chi connectivity index (χ3v) is 3.16. The highest BCUT2D eigenvalue weighted by Crippen LogP contribution is 2.11. The molecule has 2 rings (SSSR count). The first-order chi connectivity index (χ1) is 11.1. The molecule has 0 fully saturated rings. The Labute approximate surface area is 132 Å². The molecule has 0 atom stereocenters. The Kier molecular flexibility index (Phi) is 5.74. The molecule has 0 unspecified atom stereocenters. The lowest BCUT2D eigenvalue weighted by Crippen LogP contribution is -2.30. The molecule has 1 aromatic heterocycles. The summed E-state index contributed by atoms with van der Waals surface area (Å²) in [5.41, 5.74) is 0.143. The van der Waals surface area contributed by atoms with Crippen molar-refractivity contribution in [1.82, 2.24) is 9.55 Å². The summed E-state index contributed by atoms with van der Waals surface area (Å²) >= 11 is 0. The smallest absolute Gasteiger partial charge is 0.328 e. The van der Waals surface area contributed by atoms with Crippen LogP contribution in [0.3, 0.4) is 0 Å².